The number of hydrogen-bond acceptors (Lipinski definition) is 5. The maximum absolute atomic E-state index is 12.8. The molecule has 0 unspecified atom stereocenters. The van der Waals surface area contributed by atoms with Gasteiger partial charge in [0.05, 0.1) is 11.5 Å². The molecule has 0 saturated carbocycles. The number of carboxylic acid groups (broad SMARTS) is 1. The first-order valence-electron chi connectivity index (χ1n) is 8.12. The van der Waals surface area contributed by atoms with E-state index in [1.54, 1.807) is 0 Å². The van der Waals surface area contributed by atoms with Gasteiger partial charge < -0.3 is 14.7 Å². The number of carboxylic acids is 1. The van der Waals surface area contributed by atoms with E-state index in [0.717, 1.165) is 13.0 Å². The highest BCUT2D eigenvalue weighted by Gasteiger charge is 2.29. The summed E-state index contributed by atoms with van der Waals surface area (Å²) < 4.78 is 32.3. The third-order valence-corrected chi connectivity index (χ3v) is 5.95. The average Bonchev–Trinajstić information content (AvgIpc) is 2.59. The zero-order valence-corrected chi connectivity index (χ0v) is 14.9. The highest BCUT2D eigenvalue weighted by Crippen LogP contribution is 2.25. The van der Waals surface area contributed by atoms with Gasteiger partial charge in [0.25, 0.3) is 0 Å². The second-order valence-electron chi connectivity index (χ2n) is 5.65. The molecule has 1 saturated heterocycles. The van der Waals surface area contributed by atoms with Crippen LogP contribution in [0.3, 0.4) is 0 Å². The Hall–Kier alpha value is -1.64. The Labute approximate surface area is 142 Å². The fourth-order valence-corrected chi connectivity index (χ4v) is 4.06. The Morgan fingerprint density at radius 3 is 2.42 bits per heavy atom. The summed E-state index contributed by atoms with van der Waals surface area (Å²) in [5.74, 6) is -1.01. The normalized spacial score (nSPS) is 16.9. The molecule has 7 nitrogen and oxygen atoms in total. The number of piperazine rings is 1. The van der Waals surface area contributed by atoms with Crippen LogP contribution in [0.5, 0.6) is 5.75 Å². The number of aromatic carboxylic acids is 1. The fourth-order valence-electron chi connectivity index (χ4n) is 2.61. The molecule has 1 heterocycles. The van der Waals surface area contributed by atoms with Gasteiger partial charge in [0.15, 0.2) is 0 Å². The predicted molar refractivity (Wildman–Crippen MR) is 90.1 cm³/mol. The van der Waals surface area contributed by atoms with Gasteiger partial charge in [-0.3, -0.25) is 0 Å². The lowest BCUT2D eigenvalue weighted by Gasteiger charge is -2.33. The molecule has 1 aromatic rings. The van der Waals surface area contributed by atoms with E-state index in [2.05, 4.69) is 4.90 Å². The predicted octanol–water partition coefficient (Wildman–Crippen LogP) is 1.50. The zero-order chi connectivity index (χ0) is 17.7. The number of likely N-dealkylation sites (N-methyl/N-ethyl adjacent to an activating group) is 1. The first-order valence-corrected chi connectivity index (χ1v) is 9.56. The molecule has 1 aromatic carbocycles. The van der Waals surface area contributed by atoms with Crippen LogP contribution in [0.4, 0.5) is 0 Å². The molecule has 134 valence electrons. The minimum absolute atomic E-state index is 0.00584. The quantitative estimate of drug-likeness (QED) is 0.797. The molecule has 0 amide bonds. The van der Waals surface area contributed by atoms with E-state index in [-0.39, 0.29) is 16.2 Å². The van der Waals surface area contributed by atoms with Crippen molar-refractivity contribution in [2.24, 2.45) is 0 Å². The van der Waals surface area contributed by atoms with Gasteiger partial charge in [0.2, 0.25) is 10.0 Å². The van der Waals surface area contributed by atoms with E-state index in [1.807, 2.05) is 13.8 Å². The molecule has 0 radical (unpaired) electrons. The van der Waals surface area contributed by atoms with Gasteiger partial charge >= 0.3 is 5.97 Å². The van der Waals surface area contributed by atoms with Crippen LogP contribution in [-0.2, 0) is 10.0 Å². The van der Waals surface area contributed by atoms with Crippen LogP contribution in [0.2, 0.25) is 0 Å². The fraction of sp³-hybridized carbons (Fsp3) is 0.562. The van der Waals surface area contributed by atoms with Crippen molar-refractivity contribution in [3.05, 3.63) is 23.8 Å². The zero-order valence-electron chi connectivity index (χ0n) is 14.1. The van der Waals surface area contributed by atoms with Gasteiger partial charge in [-0.15, -0.1) is 0 Å². The van der Waals surface area contributed by atoms with E-state index in [1.165, 1.54) is 22.5 Å². The molecule has 1 fully saturated rings. The van der Waals surface area contributed by atoms with E-state index in [9.17, 15) is 18.3 Å². The Bertz CT molecular complexity index is 682. The van der Waals surface area contributed by atoms with Crippen LogP contribution in [0.15, 0.2) is 23.1 Å². The molecule has 0 spiro atoms. The third kappa shape index (κ3) is 4.06. The highest BCUT2D eigenvalue weighted by molar-refractivity contribution is 7.89. The molecule has 1 aliphatic heterocycles. The van der Waals surface area contributed by atoms with Crippen molar-refractivity contribution in [2.45, 2.75) is 25.2 Å². The smallest absolute Gasteiger partial charge is 0.339 e. The topological polar surface area (TPSA) is 87.2 Å². The van der Waals surface area contributed by atoms with E-state index in [4.69, 9.17) is 4.74 Å². The van der Waals surface area contributed by atoms with Gasteiger partial charge in [-0.2, -0.15) is 4.31 Å². The van der Waals surface area contributed by atoms with Crippen molar-refractivity contribution in [1.29, 1.82) is 0 Å². The summed E-state index contributed by atoms with van der Waals surface area (Å²) in [6.07, 6.45) is 0.737. The Kier molecular flexibility index (Phi) is 6.20. The van der Waals surface area contributed by atoms with Crippen molar-refractivity contribution >= 4 is 16.0 Å². The van der Waals surface area contributed by atoms with Crippen molar-refractivity contribution in [3.8, 4) is 5.75 Å². The Morgan fingerprint density at radius 2 is 1.88 bits per heavy atom. The molecule has 2 rings (SSSR count). The van der Waals surface area contributed by atoms with E-state index in [0.29, 0.717) is 32.8 Å². The van der Waals surface area contributed by atoms with Crippen molar-refractivity contribution in [1.82, 2.24) is 9.21 Å². The number of hydrogen-bond donors (Lipinski definition) is 1. The summed E-state index contributed by atoms with van der Waals surface area (Å²) in [5.41, 5.74) is -0.128. The Balaban J connectivity index is 2.27. The summed E-state index contributed by atoms with van der Waals surface area (Å²) >= 11 is 0. The van der Waals surface area contributed by atoms with Crippen LogP contribution in [0.1, 0.15) is 30.6 Å². The number of ether oxygens (including phenoxy) is 1. The molecule has 1 N–H and O–H groups in total. The largest absolute Gasteiger partial charge is 0.493 e. The van der Waals surface area contributed by atoms with Gasteiger partial charge in [-0.05, 0) is 31.2 Å². The molecule has 8 heteroatoms. The van der Waals surface area contributed by atoms with Crippen molar-refractivity contribution in [3.63, 3.8) is 0 Å². The molecular formula is C16H24N2O5S. The second kappa shape index (κ2) is 7.96. The van der Waals surface area contributed by atoms with Crippen LogP contribution in [-0.4, -0.2) is 68.0 Å². The van der Waals surface area contributed by atoms with E-state index >= 15 is 0 Å². The third-order valence-electron chi connectivity index (χ3n) is 4.06. The van der Waals surface area contributed by atoms with Crippen molar-refractivity contribution < 1.29 is 23.1 Å². The van der Waals surface area contributed by atoms with Crippen LogP contribution in [0.25, 0.3) is 0 Å². The van der Waals surface area contributed by atoms with E-state index < -0.39 is 16.0 Å². The molecule has 0 aromatic heterocycles. The minimum Gasteiger partial charge on any atom is -0.493 e. The maximum atomic E-state index is 12.8. The summed E-state index contributed by atoms with van der Waals surface area (Å²) in [5, 5.41) is 9.34. The average molecular weight is 356 g/mol. The monoisotopic (exact) mass is 356 g/mol. The lowest BCUT2D eigenvalue weighted by atomic mass is 10.2. The highest BCUT2D eigenvalue weighted by atomic mass is 32.2. The SMILES string of the molecule is CCCOc1ccc(S(=O)(=O)N2CCN(CC)CC2)cc1C(=O)O. The first-order chi connectivity index (χ1) is 11.4. The number of benzene rings is 1. The van der Waals surface area contributed by atoms with Gasteiger partial charge in [0.1, 0.15) is 11.3 Å². The lowest BCUT2D eigenvalue weighted by Crippen LogP contribution is -2.48. The Morgan fingerprint density at radius 1 is 1.21 bits per heavy atom. The van der Waals surface area contributed by atoms with Gasteiger partial charge in [-0.1, -0.05) is 13.8 Å². The van der Waals surface area contributed by atoms with Gasteiger partial charge in [-0.25, -0.2) is 13.2 Å². The lowest BCUT2D eigenvalue weighted by molar-refractivity contribution is 0.0692. The first kappa shape index (κ1) is 18.7. The minimum atomic E-state index is -3.70. The summed E-state index contributed by atoms with van der Waals surface area (Å²) in [4.78, 5) is 13.6. The van der Waals surface area contributed by atoms with Crippen LogP contribution in [0, 0.1) is 0 Å². The molecule has 0 bridgehead atoms. The second-order valence-corrected chi connectivity index (χ2v) is 7.59. The number of nitrogens with zero attached hydrogens (tertiary/aromatic N) is 2. The van der Waals surface area contributed by atoms with Gasteiger partial charge in [0, 0.05) is 26.2 Å². The van der Waals surface area contributed by atoms with Crippen LogP contribution < -0.4 is 4.74 Å². The molecular weight excluding hydrogens is 332 g/mol. The number of sulfonamides is 1. The van der Waals surface area contributed by atoms with Crippen molar-refractivity contribution in [2.75, 3.05) is 39.3 Å². The molecule has 0 atom stereocenters. The molecule has 0 aliphatic carbocycles. The summed E-state index contributed by atoms with van der Waals surface area (Å²) in [6.45, 7) is 7.40. The molecule has 24 heavy (non-hydrogen) atoms. The standard InChI is InChI=1S/C16H24N2O5S/c1-3-11-23-15-6-5-13(12-14(15)16(19)20)24(21,22)18-9-7-17(4-2)8-10-18/h5-6,12H,3-4,7-11H2,1-2H3,(H,19,20). The number of carbonyl (C=O) groups is 1. The molecule has 1 aliphatic rings. The maximum Gasteiger partial charge on any atom is 0.339 e. The van der Waals surface area contributed by atoms with Crippen LogP contribution >= 0.6 is 0 Å². The number of rotatable bonds is 7. The summed E-state index contributed by atoms with van der Waals surface area (Å²) in [7, 11) is -3.70. The summed E-state index contributed by atoms with van der Waals surface area (Å²) in [6, 6.07) is 4.03.